The zero-order chi connectivity index (χ0) is 14.4. The number of carbonyl (C=O) groups is 1. The van der Waals surface area contributed by atoms with Crippen molar-refractivity contribution in [1.29, 1.82) is 0 Å². The number of carbonyl (C=O) groups excluding carboxylic acids is 1. The van der Waals surface area contributed by atoms with E-state index in [0.29, 0.717) is 13.0 Å². The lowest BCUT2D eigenvalue weighted by Gasteiger charge is -2.08. The fraction of sp³-hybridized carbons (Fsp3) is 0.214. The fourth-order valence-corrected chi connectivity index (χ4v) is 1.78. The van der Waals surface area contributed by atoms with E-state index >= 15 is 0 Å². The predicted octanol–water partition coefficient (Wildman–Crippen LogP) is 0.751. The number of hydrogen-bond donors (Lipinski definition) is 2. The molecule has 1 aromatic carbocycles. The van der Waals surface area contributed by atoms with Crippen molar-refractivity contribution in [1.82, 2.24) is 15.3 Å². The number of H-pyrrole nitrogens is 1. The van der Waals surface area contributed by atoms with Gasteiger partial charge in [-0.2, -0.15) is 0 Å². The van der Waals surface area contributed by atoms with E-state index in [1.807, 2.05) is 24.3 Å². The average molecular weight is 273 g/mol. The van der Waals surface area contributed by atoms with Crippen molar-refractivity contribution in [3.63, 3.8) is 0 Å². The lowest BCUT2D eigenvalue weighted by atomic mass is 10.1. The summed E-state index contributed by atoms with van der Waals surface area (Å²) in [6.45, 7) is 0.458. The number of para-hydroxylation sites is 1. The summed E-state index contributed by atoms with van der Waals surface area (Å²) in [6, 6.07) is 7.64. The van der Waals surface area contributed by atoms with E-state index in [0.717, 1.165) is 17.5 Å². The molecule has 0 saturated heterocycles. The lowest BCUT2D eigenvalue weighted by Crippen LogP contribution is -2.27. The Morgan fingerprint density at radius 3 is 2.90 bits per heavy atom. The van der Waals surface area contributed by atoms with Gasteiger partial charge in [0.2, 0.25) is 0 Å². The maximum atomic E-state index is 11.8. The number of amides is 1. The van der Waals surface area contributed by atoms with Gasteiger partial charge in [0, 0.05) is 12.7 Å². The van der Waals surface area contributed by atoms with Gasteiger partial charge in [-0.05, 0) is 18.1 Å². The summed E-state index contributed by atoms with van der Waals surface area (Å²) in [6.07, 6.45) is 3.02. The molecule has 2 rings (SSSR count). The Morgan fingerprint density at radius 2 is 2.20 bits per heavy atom. The Kier molecular flexibility index (Phi) is 4.49. The molecule has 0 saturated carbocycles. The molecule has 0 aliphatic rings. The van der Waals surface area contributed by atoms with Gasteiger partial charge in [-0.25, -0.2) is 4.98 Å². The van der Waals surface area contributed by atoms with Crippen LogP contribution in [0.15, 0.2) is 41.5 Å². The lowest BCUT2D eigenvalue weighted by molar-refractivity contribution is 0.0948. The summed E-state index contributed by atoms with van der Waals surface area (Å²) in [4.78, 5) is 28.8. The summed E-state index contributed by atoms with van der Waals surface area (Å²) in [7, 11) is 1.61. The van der Waals surface area contributed by atoms with Crippen LogP contribution in [-0.4, -0.2) is 29.5 Å². The Bertz CT molecular complexity index is 632. The van der Waals surface area contributed by atoms with E-state index in [9.17, 15) is 9.59 Å². The largest absolute Gasteiger partial charge is 0.496 e. The summed E-state index contributed by atoms with van der Waals surface area (Å²) < 4.78 is 5.24. The molecule has 0 spiro atoms. The molecular weight excluding hydrogens is 258 g/mol. The van der Waals surface area contributed by atoms with Crippen LogP contribution in [0.5, 0.6) is 5.75 Å². The Labute approximate surface area is 115 Å². The molecule has 104 valence electrons. The van der Waals surface area contributed by atoms with Crippen LogP contribution in [0.1, 0.15) is 16.1 Å². The van der Waals surface area contributed by atoms with E-state index in [1.54, 1.807) is 7.11 Å². The van der Waals surface area contributed by atoms with Crippen LogP contribution < -0.4 is 15.6 Å². The molecular formula is C14H15N3O3. The van der Waals surface area contributed by atoms with Crippen molar-refractivity contribution in [3.05, 3.63) is 58.3 Å². The first-order valence-electron chi connectivity index (χ1n) is 6.15. The second kappa shape index (κ2) is 6.51. The van der Waals surface area contributed by atoms with Crippen LogP contribution in [0.4, 0.5) is 0 Å². The molecule has 0 aliphatic carbocycles. The van der Waals surface area contributed by atoms with Gasteiger partial charge < -0.3 is 15.0 Å². The second-order valence-electron chi connectivity index (χ2n) is 4.11. The normalized spacial score (nSPS) is 10.1. The molecule has 20 heavy (non-hydrogen) atoms. The summed E-state index contributed by atoms with van der Waals surface area (Å²) in [5, 5.41) is 2.74. The van der Waals surface area contributed by atoms with Crippen molar-refractivity contribution < 1.29 is 9.53 Å². The van der Waals surface area contributed by atoms with Gasteiger partial charge in [0.15, 0.2) is 0 Å². The number of benzene rings is 1. The van der Waals surface area contributed by atoms with E-state index in [2.05, 4.69) is 15.3 Å². The predicted molar refractivity (Wildman–Crippen MR) is 73.9 cm³/mol. The molecule has 0 fully saturated rings. The monoisotopic (exact) mass is 273 g/mol. The van der Waals surface area contributed by atoms with Gasteiger partial charge in [-0.1, -0.05) is 18.2 Å². The van der Waals surface area contributed by atoms with E-state index in [4.69, 9.17) is 4.74 Å². The smallest absolute Gasteiger partial charge is 0.271 e. The zero-order valence-corrected chi connectivity index (χ0v) is 11.1. The molecule has 2 N–H and O–H groups in total. The van der Waals surface area contributed by atoms with Crippen LogP contribution >= 0.6 is 0 Å². The van der Waals surface area contributed by atoms with Gasteiger partial charge in [-0.15, -0.1) is 0 Å². The molecule has 1 aromatic heterocycles. The summed E-state index contributed by atoms with van der Waals surface area (Å²) >= 11 is 0. The minimum Gasteiger partial charge on any atom is -0.496 e. The number of ether oxygens (including phenoxy) is 1. The van der Waals surface area contributed by atoms with E-state index < -0.39 is 0 Å². The Balaban J connectivity index is 1.91. The van der Waals surface area contributed by atoms with Gasteiger partial charge in [0.1, 0.15) is 11.4 Å². The highest BCUT2D eigenvalue weighted by atomic mass is 16.5. The first-order valence-corrected chi connectivity index (χ1v) is 6.15. The molecule has 0 bridgehead atoms. The molecule has 0 aliphatic heterocycles. The first-order chi connectivity index (χ1) is 9.70. The molecule has 1 heterocycles. The minimum absolute atomic E-state index is 0.185. The van der Waals surface area contributed by atoms with Crippen molar-refractivity contribution >= 4 is 5.91 Å². The molecule has 6 heteroatoms. The molecule has 2 aromatic rings. The van der Waals surface area contributed by atoms with Gasteiger partial charge in [0.25, 0.3) is 11.5 Å². The number of methoxy groups -OCH3 is 1. The average Bonchev–Trinajstić information content (AvgIpc) is 2.48. The van der Waals surface area contributed by atoms with Gasteiger partial charge in [-0.3, -0.25) is 9.59 Å². The highest BCUT2D eigenvalue weighted by Gasteiger charge is 2.07. The highest BCUT2D eigenvalue weighted by molar-refractivity contribution is 5.91. The second-order valence-corrected chi connectivity index (χ2v) is 4.11. The van der Waals surface area contributed by atoms with Gasteiger partial charge >= 0.3 is 0 Å². The number of hydrogen-bond acceptors (Lipinski definition) is 4. The standard InChI is InChI=1S/C14H15N3O3/c1-20-12-5-3-2-4-10(12)6-7-15-14(19)11-8-17-13(18)9-16-11/h2-5,8-9H,6-7H2,1H3,(H,15,19)(H,17,18). The van der Waals surface area contributed by atoms with Crippen LogP contribution in [-0.2, 0) is 6.42 Å². The Hall–Kier alpha value is -2.63. The number of nitrogens with zero attached hydrogens (tertiary/aromatic N) is 1. The van der Waals surface area contributed by atoms with E-state index in [1.165, 1.54) is 6.20 Å². The molecule has 1 amide bonds. The SMILES string of the molecule is COc1ccccc1CCNC(=O)c1c[nH]c(=O)cn1. The van der Waals surface area contributed by atoms with Crippen LogP contribution in [0.3, 0.4) is 0 Å². The molecule has 0 unspecified atom stereocenters. The Morgan fingerprint density at radius 1 is 1.40 bits per heavy atom. The van der Waals surface area contributed by atoms with Crippen molar-refractivity contribution in [2.75, 3.05) is 13.7 Å². The first kappa shape index (κ1) is 13.8. The molecule has 0 radical (unpaired) electrons. The third-order valence-electron chi connectivity index (χ3n) is 2.78. The topological polar surface area (TPSA) is 84.1 Å². The van der Waals surface area contributed by atoms with Crippen molar-refractivity contribution in [2.24, 2.45) is 0 Å². The van der Waals surface area contributed by atoms with Crippen LogP contribution in [0.2, 0.25) is 0 Å². The zero-order valence-electron chi connectivity index (χ0n) is 11.1. The molecule has 0 atom stereocenters. The number of aromatic nitrogens is 2. The molecule has 6 nitrogen and oxygen atoms in total. The van der Waals surface area contributed by atoms with Crippen LogP contribution in [0.25, 0.3) is 0 Å². The minimum atomic E-state index is -0.337. The van der Waals surface area contributed by atoms with E-state index in [-0.39, 0.29) is 17.2 Å². The number of rotatable bonds is 5. The number of nitrogens with one attached hydrogen (secondary N) is 2. The number of aromatic amines is 1. The fourth-order valence-electron chi connectivity index (χ4n) is 1.78. The summed E-state index contributed by atoms with van der Waals surface area (Å²) in [5.41, 5.74) is 0.866. The highest BCUT2D eigenvalue weighted by Crippen LogP contribution is 2.17. The summed E-state index contributed by atoms with van der Waals surface area (Å²) in [5.74, 6) is 0.472. The third kappa shape index (κ3) is 3.44. The maximum absolute atomic E-state index is 11.8. The van der Waals surface area contributed by atoms with Gasteiger partial charge in [0.05, 0.1) is 13.3 Å². The van der Waals surface area contributed by atoms with Crippen molar-refractivity contribution in [2.45, 2.75) is 6.42 Å². The third-order valence-corrected chi connectivity index (χ3v) is 2.78. The van der Waals surface area contributed by atoms with Crippen LogP contribution in [0, 0.1) is 0 Å². The maximum Gasteiger partial charge on any atom is 0.271 e. The van der Waals surface area contributed by atoms with Crippen molar-refractivity contribution in [3.8, 4) is 5.75 Å². The quantitative estimate of drug-likeness (QED) is 0.842.